The third kappa shape index (κ3) is 4.07. The van der Waals surface area contributed by atoms with E-state index in [0.717, 1.165) is 62.4 Å². The minimum Gasteiger partial charge on any atom is -0.493 e. The first-order valence-electron chi connectivity index (χ1n) is 9.88. The number of nitrogens with zero attached hydrogens (tertiary/aromatic N) is 3. The van der Waals surface area contributed by atoms with E-state index in [0.29, 0.717) is 6.61 Å². The molecule has 0 bridgehead atoms. The number of ether oxygens (including phenoxy) is 1. The first-order valence-corrected chi connectivity index (χ1v) is 9.88. The molecular weight excluding hydrogens is 338 g/mol. The summed E-state index contributed by atoms with van der Waals surface area (Å²) in [6.45, 7) is 6.09. The minimum absolute atomic E-state index is 0.0170. The number of pyridine rings is 1. The smallest absolute Gasteiger partial charge is 0.226 e. The van der Waals surface area contributed by atoms with Crippen molar-refractivity contribution in [2.45, 2.75) is 26.2 Å². The normalized spacial score (nSPS) is 20.3. The number of para-hydroxylation sites is 1. The molecule has 1 aromatic heterocycles. The van der Waals surface area contributed by atoms with Crippen molar-refractivity contribution < 1.29 is 9.53 Å². The Morgan fingerprint density at radius 2 is 2.04 bits per heavy atom. The van der Waals surface area contributed by atoms with E-state index in [4.69, 9.17) is 4.74 Å². The third-order valence-corrected chi connectivity index (χ3v) is 5.56. The molecule has 0 aliphatic carbocycles. The molecular formula is C22H27N3O2. The molecule has 142 valence electrons. The van der Waals surface area contributed by atoms with Gasteiger partial charge >= 0.3 is 0 Å². The Bertz CT molecular complexity index is 808. The number of fused-ring (bicyclic) bond motifs is 1. The van der Waals surface area contributed by atoms with E-state index in [2.05, 4.69) is 33.0 Å². The maximum Gasteiger partial charge on any atom is 0.226 e. The van der Waals surface area contributed by atoms with Gasteiger partial charge in [-0.1, -0.05) is 18.2 Å². The number of amides is 1. The van der Waals surface area contributed by atoms with Crippen molar-refractivity contribution in [1.82, 2.24) is 9.88 Å². The molecule has 2 aromatic rings. The van der Waals surface area contributed by atoms with Crippen LogP contribution in [0.15, 0.2) is 42.6 Å². The number of rotatable bonds is 2. The number of aryl methyl sites for hydroxylation is 1. The van der Waals surface area contributed by atoms with Crippen LogP contribution in [0.1, 0.15) is 24.1 Å². The lowest BCUT2D eigenvalue weighted by Gasteiger charge is -2.26. The van der Waals surface area contributed by atoms with Gasteiger partial charge in [0.05, 0.1) is 6.61 Å². The zero-order chi connectivity index (χ0) is 18.6. The number of benzene rings is 1. The van der Waals surface area contributed by atoms with Crippen molar-refractivity contribution in [2.75, 3.05) is 37.7 Å². The highest BCUT2D eigenvalue weighted by atomic mass is 16.5. The van der Waals surface area contributed by atoms with E-state index in [9.17, 15) is 4.79 Å². The van der Waals surface area contributed by atoms with Gasteiger partial charge in [0.25, 0.3) is 0 Å². The van der Waals surface area contributed by atoms with E-state index in [1.165, 1.54) is 5.69 Å². The van der Waals surface area contributed by atoms with Crippen LogP contribution in [0.3, 0.4) is 0 Å². The lowest BCUT2D eigenvalue weighted by atomic mass is 9.95. The van der Waals surface area contributed by atoms with Crippen molar-refractivity contribution >= 4 is 11.6 Å². The molecule has 2 aliphatic heterocycles. The van der Waals surface area contributed by atoms with Crippen LogP contribution >= 0.6 is 0 Å². The highest BCUT2D eigenvalue weighted by molar-refractivity contribution is 5.79. The summed E-state index contributed by atoms with van der Waals surface area (Å²) in [4.78, 5) is 21.9. The van der Waals surface area contributed by atoms with Gasteiger partial charge in [-0.3, -0.25) is 9.78 Å². The molecule has 0 radical (unpaired) electrons. The Kier molecular flexibility index (Phi) is 5.28. The number of anilines is 1. The third-order valence-electron chi connectivity index (χ3n) is 5.56. The van der Waals surface area contributed by atoms with Gasteiger partial charge in [0.2, 0.25) is 5.91 Å². The fraction of sp³-hybridized carbons (Fsp3) is 0.455. The summed E-state index contributed by atoms with van der Waals surface area (Å²) in [5, 5.41) is 0. The van der Waals surface area contributed by atoms with Crippen LogP contribution in [0.2, 0.25) is 0 Å². The molecule has 5 nitrogen and oxygen atoms in total. The van der Waals surface area contributed by atoms with Crippen molar-refractivity contribution in [3.63, 3.8) is 0 Å². The number of carbonyl (C=O) groups is 1. The number of hydrogen-bond donors (Lipinski definition) is 0. The molecule has 4 rings (SSSR count). The van der Waals surface area contributed by atoms with E-state index >= 15 is 0 Å². The Labute approximate surface area is 161 Å². The fourth-order valence-electron chi connectivity index (χ4n) is 4.08. The van der Waals surface area contributed by atoms with Crippen LogP contribution in [-0.4, -0.2) is 48.6 Å². The van der Waals surface area contributed by atoms with Crippen LogP contribution in [-0.2, 0) is 11.2 Å². The summed E-state index contributed by atoms with van der Waals surface area (Å²) in [6, 6.07) is 12.3. The van der Waals surface area contributed by atoms with Gasteiger partial charge in [0, 0.05) is 49.7 Å². The molecule has 1 aromatic carbocycles. The van der Waals surface area contributed by atoms with Crippen molar-refractivity contribution in [1.29, 1.82) is 0 Å². The molecule has 1 atom stereocenters. The standard InChI is InChI=1S/C22H27N3O2/c1-17-15-20(7-9-23-17)24-10-4-11-25(13-12-24)22(26)19-8-14-27-21-6-3-2-5-18(21)16-19/h2-3,5-7,9,15,19H,4,8,10-14,16H2,1H3/t19-/m1/s1. The van der Waals surface area contributed by atoms with Gasteiger partial charge in [-0.15, -0.1) is 0 Å². The van der Waals surface area contributed by atoms with Crippen LogP contribution in [0.5, 0.6) is 5.75 Å². The van der Waals surface area contributed by atoms with E-state index in [-0.39, 0.29) is 11.8 Å². The molecule has 0 unspecified atom stereocenters. The van der Waals surface area contributed by atoms with Gasteiger partial charge in [-0.2, -0.15) is 0 Å². The lowest BCUT2D eigenvalue weighted by molar-refractivity contribution is -0.135. The second-order valence-corrected chi connectivity index (χ2v) is 7.47. The molecule has 3 heterocycles. The molecule has 0 spiro atoms. The highest BCUT2D eigenvalue weighted by Crippen LogP contribution is 2.28. The van der Waals surface area contributed by atoms with Gasteiger partial charge in [-0.05, 0) is 49.9 Å². The van der Waals surface area contributed by atoms with Crippen LogP contribution in [0.4, 0.5) is 5.69 Å². The second-order valence-electron chi connectivity index (χ2n) is 7.47. The molecule has 2 aliphatic rings. The number of carbonyl (C=O) groups excluding carboxylic acids is 1. The van der Waals surface area contributed by atoms with E-state index in [1.54, 1.807) is 0 Å². The van der Waals surface area contributed by atoms with Gasteiger partial charge in [0.15, 0.2) is 0 Å². The van der Waals surface area contributed by atoms with Crippen molar-refractivity contribution in [3.8, 4) is 5.75 Å². The maximum atomic E-state index is 13.2. The number of hydrogen-bond acceptors (Lipinski definition) is 4. The van der Waals surface area contributed by atoms with Crippen molar-refractivity contribution in [3.05, 3.63) is 53.9 Å². The van der Waals surface area contributed by atoms with Crippen LogP contribution in [0, 0.1) is 12.8 Å². The predicted octanol–water partition coefficient (Wildman–Crippen LogP) is 3.07. The molecule has 1 amide bonds. The summed E-state index contributed by atoms with van der Waals surface area (Å²) < 4.78 is 5.84. The zero-order valence-corrected chi connectivity index (χ0v) is 15.9. The quantitative estimate of drug-likeness (QED) is 0.821. The van der Waals surface area contributed by atoms with E-state index in [1.807, 2.05) is 31.3 Å². The summed E-state index contributed by atoms with van der Waals surface area (Å²) in [6.07, 6.45) is 4.42. The van der Waals surface area contributed by atoms with Gasteiger partial charge < -0.3 is 14.5 Å². The molecule has 1 fully saturated rings. The first-order chi connectivity index (χ1) is 13.2. The Morgan fingerprint density at radius 3 is 2.93 bits per heavy atom. The second kappa shape index (κ2) is 7.99. The topological polar surface area (TPSA) is 45.7 Å². The highest BCUT2D eigenvalue weighted by Gasteiger charge is 2.29. The molecule has 27 heavy (non-hydrogen) atoms. The maximum absolute atomic E-state index is 13.2. The predicted molar refractivity (Wildman–Crippen MR) is 106 cm³/mol. The minimum atomic E-state index is 0.0170. The summed E-state index contributed by atoms with van der Waals surface area (Å²) in [7, 11) is 0. The molecule has 0 saturated carbocycles. The average molecular weight is 365 g/mol. The Morgan fingerprint density at radius 1 is 1.15 bits per heavy atom. The van der Waals surface area contributed by atoms with Gasteiger partial charge in [0.1, 0.15) is 5.75 Å². The SMILES string of the molecule is Cc1cc(N2CCCN(C(=O)[C@@H]3CCOc4ccccc4C3)CC2)ccn1. The summed E-state index contributed by atoms with van der Waals surface area (Å²) >= 11 is 0. The molecule has 0 N–H and O–H groups in total. The molecule has 1 saturated heterocycles. The van der Waals surface area contributed by atoms with Gasteiger partial charge in [-0.25, -0.2) is 0 Å². The zero-order valence-electron chi connectivity index (χ0n) is 15.9. The van der Waals surface area contributed by atoms with E-state index < -0.39 is 0 Å². The lowest BCUT2D eigenvalue weighted by Crippen LogP contribution is -2.39. The Hall–Kier alpha value is -2.56. The largest absolute Gasteiger partial charge is 0.493 e. The molecule has 5 heteroatoms. The van der Waals surface area contributed by atoms with Crippen LogP contribution in [0.25, 0.3) is 0 Å². The summed E-state index contributed by atoms with van der Waals surface area (Å²) in [5.41, 5.74) is 3.38. The van der Waals surface area contributed by atoms with Crippen LogP contribution < -0.4 is 9.64 Å². The monoisotopic (exact) mass is 365 g/mol. The fourth-order valence-corrected chi connectivity index (χ4v) is 4.08. The van der Waals surface area contributed by atoms with Crippen molar-refractivity contribution in [2.24, 2.45) is 5.92 Å². The number of aromatic nitrogens is 1. The Balaban J connectivity index is 1.42. The average Bonchev–Trinajstić information content (AvgIpc) is 3.06. The summed E-state index contributed by atoms with van der Waals surface area (Å²) in [5.74, 6) is 1.23. The first kappa shape index (κ1) is 17.8.